The summed E-state index contributed by atoms with van der Waals surface area (Å²) in [6.45, 7) is 10.3. The van der Waals surface area contributed by atoms with Crippen LogP contribution in [0.25, 0.3) is 11.2 Å². The topological polar surface area (TPSA) is 130 Å². The quantitative estimate of drug-likeness (QED) is 0.0715. The van der Waals surface area contributed by atoms with Crippen molar-refractivity contribution in [2.45, 2.75) is 66.5 Å². The number of hydrogen-bond donors (Lipinski definition) is 0. The Labute approximate surface area is 422 Å². The average molecular weight is 967 g/mol. The first-order valence-corrected chi connectivity index (χ1v) is 24.0. The first-order chi connectivity index (χ1) is 34.7. The zero-order valence-electron chi connectivity index (χ0n) is 42.1. The van der Waals surface area contributed by atoms with Gasteiger partial charge in [-0.1, -0.05) is 121 Å². The summed E-state index contributed by atoms with van der Waals surface area (Å²) in [5, 5.41) is 0. The van der Waals surface area contributed by atoms with Crippen LogP contribution in [0.3, 0.4) is 0 Å². The van der Waals surface area contributed by atoms with E-state index in [0.29, 0.717) is 34.4 Å². The molecular formula is C59H62N6O7. The smallest absolute Gasteiger partial charge is 0.311 e. The molecule has 0 saturated heterocycles. The third kappa shape index (κ3) is 11.8. The van der Waals surface area contributed by atoms with E-state index >= 15 is 0 Å². The van der Waals surface area contributed by atoms with Gasteiger partial charge in [-0.15, -0.1) is 0 Å². The molecule has 0 atom stereocenters. The maximum atomic E-state index is 13.1. The number of benzene rings is 6. The Bertz CT molecular complexity index is 2900. The Morgan fingerprint density at radius 2 is 0.917 bits per heavy atom. The van der Waals surface area contributed by atoms with Crippen LogP contribution in [0, 0.1) is 10.8 Å². The predicted octanol–water partition coefficient (Wildman–Crippen LogP) is 12.2. The number of methoxy groups -OCH3 is 2. The monoisotopic (exact) mass is 966 g/mol. The Kier molecular flexibility index (Phi) is 15.6. The summed E-state index contributed by atoms with van der Waals surface area (Å²) in [6, 6.07) is 56.1. The molecule has 0 amide bonds. The molecule has 0 radical (unpaired) electrons. The van der Waals surface area contributed by atoms with E-state index in [1.165, 1.54) is 0 Å². The summed E-state index contributed by atoms with van der Waals surface area (Å²) < 4.78 is 31.2. The highest BCUT2D eigenvalue weighted by atomic mass is 16.6. The van der Waals surface area contributed by atoms with E-state index in [0.717, 1.165) is 33.6 Å². The first-order valence-electron chi connectivity index (χ1n) is 24.0. The zero-order valence-corrected chi connectivity index (χ0v) is 42.1. The number of rotatable bonds is 19. The summed E-state index contributed by atoms with van der Waals surface area (Å²) in [5.41, 5.74) is 5.01. The minimum absolute atomic E-state index is 0.107. The largest absolute Gasteiger partial charge is 0.497 e. The van der Waals surface area contributed by atoms with Gasteiger partial charge in [0.05, 0.1) is 43.5 Å². The van der Waals surface area contributed by atoms with Crippen LogP contribution in [0.4, 0.5) is 23.1 Å². The summed E-state index contributed by atoms with van der Waals surface area (Å²) in [4.78, 5) is 46.7. The second kappa shape index (κ2) is 22.4. The van der Waals surface area contributed by atoms with Crippen molar-refractivity contribution >= 4 is 46.2 Å². The molecule has 6 aromatic carbocycles. The molecule has 0 aliphatic heterocycles. The van der Waals surface area contributed by atoms with Gasteiger partial charge in [-0.3, -0.25) is 19.1 Å². The highest BCUT2D eigenvalue weighted by Gasteiger charge is 2.34. The highest BCUT2D eigenvalue weighted by Crippen LogP contribution is 2.45. The Hall–Kier alpha value is -8.03. The number of aromatic nitrogens is 4. The molecule has 0 bridgehead atoms. The van der Waals surface area contributed by atoms with E-state index in [9.17, 15) is 9.59 Å². The minimum atomic E-state index is -0.839. The van der Waals surface area contributed by atoms with Crippen LogP contribution in [0.15, 0.2) is 176 Å². The van der Waals surface area contributed by atoms with E-state index in [-0.39, 0.29) is 19.9 Å². The van der Waals surface area contributed by atoms with Crippen molar-refractivity contribution in [2.24, 2.45) is 10.8 Å². The number of esters is 2. The Morgan fingerprint density at radius 1 is 0.528 bits per heavy atom. The van der Waals surface area contributed by atoms with Crippen molar-refractivity contribution in [1.29, 1.82) is 0 Å². The van der Waals surface area contributed by atoms with Gasteiger partial charge in [0.25, 0.3) is 0 Å². The van der Waals surface area contributed by atoms with Gasteiger partial charge in [-0.05, 0) is 112 Å². The molecule has 0 saturated carbocycles. The Balaban J connectivity index is 1.38. The molecule has 0 fully saturated rings. The van der Waals surface area contributed by atoms with Gasteiger partial charge < -0.3 is 28.6 Å². The van der Waals surface area contributed by atoms with Crippen molar-refractivity contribution in [3.8, 4) is 11.5 Å². The molecule has 13 heteroatoms. The maximum Gasteiger partial charge on any atom is 0.311 e. The van der Waals surface area contributed by atoms with E-state index in [1.807, 2.05) is 121 Å². The van der Waals surface area contributed by atoms with Gasteiger partial charge in [-0.2, -0.15) is 9.97 Å². The van der Waals surface area contributed by atoms with Crippen molar-refractivity contribution in [3.63, 3.8) is 0 Å². The number of nitrogens with zero attached hydrogens (tertiary/aromatic N) is 6. The molecule has 0 aliphatic rings. The molecule has 370 valence electrons. The number of ether oxygens (including phenoxy) is 5. The molecule has 2 heterocycles. The van der Waals surface area contributed by atoms with E-state index in [1.54, 1.807) is 66.7 Å². The van der Waals surface area contributed by atoms with Crippen LogP contribution >= 0.6 is 0 Å². The summed E-state index contributed by atoms with van der Waals surface area (Å²) >= 11 is 0. The SMILES string of the molecule is COc1ccc(N(c2nc(N(c3ccc(OC)cc3)C(c3ccccc3)c3ccccc3)c3ncn(COC(COC(=O)C(C)(C)C)COC(=O)C(C)(C)C)c3n2)C(c2ccccc2)c2ccccc2)cc1. The van der Waals surface area contributed by atoms with E-state index in [2.05, 4.69) is 58.3 Å². The number of fused-ring (bicyclic) bond motifs is 1. The normalized spacial score (nSPS) is 11.8. The van der Waals surface area contributed by atoms with Gasteiger partial charge in [0, 0.05) is 11.4 Å². The van der Waals surface area contributed by atoms with Crippen molar-refractivity contribution < 1.29 is 33.3 Å². The minimum Gasteiger partial charge on any atom is -0.497 e. The summed E-state index contributed by atoms with van der Waals surface area (Å²) in [5.74, 6) is 1.42. The second-order valence-corrected chi connectivity index (χ2v) is 19.4. The number of anilines is 4. The summed E-state index contributed by atoms with van der Waals surface area (Å²) in [6.07, 6.45) is 0.829. The Morgan fingerprint density at radius 3 is 1.31 bits per heavy atom. The fourth-order valence-electron chi connectivity index (χ4n) is 8.17. The summed E-state index contributed by atoms with van der Waals surface area (Å²) in [7, 11) is 3.29. The number of imidazole rings is 1. The van der Waals surface area contributed by atoms with E-state index < -0.39 is 41.0 Å². The molecule has 72 heavy (non-hydrogen) atoms. The lowest BCUT2D eigenvalue weighted by molar-refractivity contribution is -0.166. The van der Waals surface area contributed by atoms with Gasteiger partial charge in [-0.25, -0.2) is 4.98 Å². The molecule has 13 nitrogen and oxygen atoms in total. The average Bonchev–Trinajstić information content (AvgIpc) is 3.82. The fourth-order valence-corrected chi connectivity index (χ4v) is 8.17. The molecule has 0 N–H and O–H groups in total. The van der Waals surface area contributed by atoms with E-state index in [4.69, 9.17) is 38.6 Å². The molecule has 0 spiro atoms. The lowest BCUT2D eigenvalue weighted by Gasteiger charge is -2.36. The third-order valence-electron chi connectivity index (χ3n) is 12.0. The maximum absolute atomic E-state index is 13.1. The van der Waals surface area contributed by atoms with Gasteiger partial charge in [0.15, 0.2) is 17.0 Å². The lowest BCUT2D eigenvalue weighted by atomic mass is 9.96. The third-order valence-corrected chi connectivity index (χ3v) is 12.0. The first kappa shape index (κ1) is 50.4. The number of hydrogen-bond acceptors (Lipinski definition) is 12. The van der Waals surface area contributed by atoms with Crippen LogP contribution in [-0.2, 0) is 30.5 Å². The van der Waals surface area contributed by atoms with Crippen LogP contribution in [0.2, 0.25) is 0 Å². The molecular weight excluding hydrogens is 905 g/mol. The van der Waals surface area contributed by atoms with Crippen LogP contribution in [0.1, 0.15) is 75.9 Å². The lowest BCUT2D eigenvalue weighted by Crippen LogP contribution is -2.34. The fraction of sp³-hybridized carbons (Fsp3) is 0.271. The van der Waals surface area contributed by atoms with Crippen LogP contribution < -0.4 is 19.3 Å². The van der Waals surface area contributed by atoms with Crippen molar-refractivity contribution in [2.75, 3.05) is 37.2 Å². The van der Waals surface area contributed by atoms with Gasteiger partial charge in [0.2, 0.25) is 5.95 Å². The zero-order chi connectivity index (χ0) is 50.8. The second-order valence-electron chi connectivity index (χ2n) is 19.4. The molecule has 8 rings (SSSR count). The number of carbonyl (C=O) groups excluding carboxylic acids is 2. The molecule has 2 aromatic heterocycles. The van der Waals surface area contributed by atoms with Crippen molar-refractivity contribution in [1.82, 2.24) is 19.5 Å². The number of carbonyl (C=O) groups is 2. The van der Waals surface area contributed by atoms with Gasteiger partial charge >= 0.3 is 11.9 Å². The molecule has 8 aromatic rings. The van der Waals surface area contributed by atoms with Crippen LogP contribution in [0.5, 0.6) is 11.5 Å². The van der Waals surface area contributed by atoms with Crippen molar-refractivity contribution in [3.05, 3.63) is 198 Å². The molecule has 0 unspecified atom stereocenters. The van der Waals surface area contributed by atoms with Gasteiger partial charge in [0.1, 0.15) is 37.5 Å². The standard InChI is InChI=1S/C59H62N6O7/c1-58(2,3)55(66)70-37-49(38-71-56(67)59(4,5)6)72-40-63-39-60-50-53(63)61-57(65(46-31-35-48(69-8)36-32-46)52(43-25-17-11-18-26-43)44-27-19-12-20-28-44)62-54(50)64(45-29-33-47(68-7)34-30-45)51(41-21-13-9-14-22-41)42-23-15-10-16-24-42/h9-36,39,49,51-52H,37-38,40H2,1-8H3. The predicted molar refractivity (Wildman–Crippen MR) is 281 cm³/mol. The molecule has 0 aliphatic carbocycles. The highest BCUT2D eigenvalue weighted by molar-refractivity contribution is 5.89. The van der Waals surface area contributed by atoms with Crippen LogP contribution in [-0.4, -0.2) is 65.0 Å².